The molecule has 0 aliphatic carbocycles. The van der Waals surface area contributed by atoms with Crippen molar-refractivity contribution in [3.63, 3.8) is 0 Å². The molecular formula is C57H94O4. The van der Waals surface area contributed by atoms with E-state index in [-0.39, 0.29) is 19.2 Å². The van der Waals surface area contributed by atoms with Crippen LogP contribution in [0.15, 0.2) is 122 Å². The summed E-state index contributed by atoms with van der Waals surface area (Å²) in [6.07, 6.45) is 78.6. The number of hydrogen-bond donors (Lipinski definition) is 1. The molecule has 0 saturated heterocycles. The van der Waals surface area contributed by atoms with Gasteiger partial charge in [-0.3, -0.25) is 4.79 Å². The van der Waals surface area contributed by atoms with Gasteiger partial charge in [0.15, 0.2) is 0 Å². The maximum absolute atomic E-state index is 12.2. The first-order valence-corrected chi connectivity index (χ1v) is 25.1. The molecule has 4 nitrogen and oxygen atoms in total. The molecule has 0 aromatic heterocycles. The fourth-order valence-electron chi connectivity index (χ4n) is 6.56. The molecule has 0 bridgehead atoms. The summed E-state index contributed by atoms with van der Waals surface area (Å²) in [6, 6.07) is 0. The van der Waals surface area contributed by atoms with E-state index < -0.39 is 6.10 Å². The molecule has 1 N–H and O–H groups in total. The molecule has 0 spiro atoms. The second-order valence-electron chi connectivity index (χ2n) is 16.2. The van der Waals surface area contributed by atoms with Crippen LogP contribution in [0.5, 0.6) is 0 Å². The number of esters is 1. The summed E-state index contributed by atoms with van der Waals surface area (Å²) in [5.41, 5.74) is 0. The van der Waals surface area contributed by atoms with Crippen LogP contribution in [0.25, 0.3) is 0 Å². The average Bonchev–Trinajstić information content (AvgIpc) is 3.27. The van der Waals surface area contributed by atoms with E-state index in [4.69, 9.17) is 9.47 Å². The molecule has 0 aromatic rings. The zero-order valence-electron chi connectivity index (χ0n) is 39.6. The van der Waals surface area contributed by atoms with Gasteiger partial charge in [0.25, 0.3) is 0 Å². The topological polar surface area (TPSA) is 55.8 Å². The van der Waals surface area contributed by atoms with Gasteiger partial charge in [-0.15, -0.1) is 0 Å². The highest BCUT2D eigenvalue weighted by Gasteiger charge is 2.13. The van der Waals surface area contributed by atoms with Gasteiger partial charge in [-0.1, -0.05) is 219 Å². The molecule has 0 rings (SSSR count). The molecule has 346 valence electrons. The minimum atomic E-state index is -0.577. The lowest BCUT2D eigenvalue weighted by Crippen LogP contribution is -2.27. The van der Waals surface area contributed by atoms with Crippen molar-refractivity contribution >= 4 is 5.97 Å². The van der Waals surface area contributed by atoms with E-state index in [1.807, 2.05) is 0 Å². The highest BCUT2D eigenvalue weighted by atomic mass is 16.6. The quantitative estimate of drug-likeness (QED) is 0.0377. The average molecular weight is 843 g/mol. The van der Waals surface area contributed by atoms with E-state index in [2.05, 4.69) is 135 Å². The number of allylic oxidation sites excluding steroid dienone is 20. The lowest BCUT2D eigenvalue weighted by Gasteiger charge is -2.15. The van der Waals surface area contributed by atoms with Crippen LogP contribution < -0.4 is 0 Å². The van der Waals surface area contributed by atoms with Gasteiger partial charge in [0.05, 0.1) is 13.2 Å². The van der Waals surface area contributed by atoms with E-state index in [0.717, 1.165) is 83.5 Å². The van der Waals surface area contributed by atoms with Crippen LogP contribution in [0.4, 0.5) is 0 Å². The number of ether oxygens (including phenoxy) is 2. The van der Waals surface area contributed by atoms with Crippen molar-refractivity contribution in [3.8, 4) is 0 Å². The minimum absolute atomic E-state index is 0.204. The minimum Gasteiger partial charge on any atom is -0.457 e. The summed E-state index contributed by atoms with van der Waals surface area (Å²) in [7, 11) is 0. The summed E-state index contributed by atoms with van der Waals surface area (Å²) in [6.45, 7) is 5.14. The standard InChI is InChI=1S/C57H94O4/c1-3-5-7-9-11-13-15-17-19-21-23-25-27-28-29-31-33-35-37-39-41-43-45-47-49-51-53-60-55-56(54-58)61-57(59)52-50-48-46-44-42-40-38-36-34-32-30-26-24-22-20-18-16-14-12-10-8-6-4-2/h6,8,12,14-15,17-18,20-21,23-24,26-28,32,34,38,40,44,46,56,58H,3-5,7,9-11,13,16,19,22,25,29-31,33,35-37,39,41-43,45,47-55H2,1-2H3/b8-6-,14-12-,17-15-,20-18-,23-21-,26-24-,28-27-,34-32-,40-38-,46-44-. The Kier molecular flexibility index (Phi) is 50.1. The maximum atomic E-state index is 12.2. The highest BCUT2D eigenvalue weighted by Crippen LogP contribution is 2.13. The van der Waals surface area contributed by atoms with E-state index >= 15 is 0 Å². The number of aliphatic hydroxyl groups is 1. The largest absolute Gasteiger partial charge is 0.457 e. The molecule has 0 heterocycles. The normalized spacial score (nSPS) is 13.4. The molecule has 1 unspecified atom stereocenters. The Labute approximate surface area is 377 Å². The van der Waals surface area contributed by atoms with Crippen LogP contribution in [-0.4, -0.2) is 37.0 Å². The summed E-state index contributed by atoms with van der Waals surface area (Å²) in [5.74, 6) is -0.262. The fraction of sp³-hybridized carbons (Fsp3) is 0.632. The number of carbonyl (C=O) groups excluding carboxylic acids is 1. The smallest absolute Gasteiger partial charge is 0.306 e. The zero-order chi connectivity index (χ0) is 44.0. The Balaban J connectivity index is 3.57. The van der Waals surface area contributed by atoms with E-state index in [0.29, 0.717) is 13.0 Å². The van der Waals surface area contributed by atoms with Crippen molar-refractivity contribution < 1.29 is 19.4 Å². The van der Waals surface area contributed by atoms with Gasteiger partial charge in [0.2, 0.25) is 0 Å². The first-order chi connectivity index (χ1) is 30.2. The van der Waals surface area contributed by atoms with Gasteiger partial charge in [0, 0.05) is 13.0 Å². The number of aliphatic hydroxyl groups excluding tert-OH is 1. The van der Waals surface area contributed by atoms with Crippen molar-refractivity contribution in [1.29, 1.82) is 0 Å². The SMILES string of the molecule is CC/C=C\C/C=C\C/C=C\C/C=C\C/C=C\C/C=C\C/C=C\CCCC(=O)OC(CO)COCCCCCCCCCCCCC/C=C\C/C=C\C/C=C\CCCCCCC. The van der Waals surface area contributed by atoms with Crippen molar-refractivity contribution in [3.05, 3.63) is 122 Å². The van der Waals surface area contributed by atoms with Crippen molar-refractivity contribution in [2.24, 2.45) is 0 Å². The predicted octanol–water partition coefficient (Wildman–Crippen LogP) is 17.2. The molecule has 0 aliphatic heterocycles. The number of carbonyl (C=O) groups is 1. The van der Waals surface area contributed by atoms with E-state index in [1.165, 1.54) is 103 Å². The predicted molar refractivity (Wildman–Crippen MR) is 269 cm³/mol. The zero-order valence-corrected chi connectivity index (χ0v) is 39.6. The Bertz CT molecular complexity index is 1210. The van der Waals surface area contributed by atoms with Gasteiger partial charge in [-0.2, -0.15) is 0 Å². The lowest BCUT2D eigenvalue weighted by molar-refractivity contribution is -0.154. The lowest BCUT2D eigenvalue weighted by atomic mass is 10.1. The molecule has 0 saturated carbocycles. The molecule has 4 heteroatoms. The first-order valence-electron chi connectivity index (χ1n) is 25.1. The maximum Gasteiger partial charge on any atom is 0.306 e. The first kappa shape index (κ1) is 57.8. The fourth-order valence-corrected chi connectivity index (χ4v) is 6.56. The molecule has 0 amide bonds. The highest BCUT2D eigenvalue weighted by molar-refractivity contribution is 5.69. The van der Waals surface area contributed by atoms with Crippen LogP contribution in [0.1, 0.15) is 206 Å². The van der Waals surface area contributed by atoms with Gasteiger partial charge in [0.1, 0.15) is 6.10 Å². The Hall–Kier alpha value is -3.21. The molecule has 1 atom stereocenters. The number of unbranched alkanes of at least 4 members (excludes halogenated alkanes) is 17. The van der Waals surface area contributed by atoms with Crippen LogP contribution in [-0.2, 0) is 14.3 Å². The third-order valence-electron chi connectivity index (χ3n) is 10.3. The Morgan fingerprint density at radius 3 is 1.11 bits per heavy atom. The van der Waals surface area contributed by atoms with Crippen molar-refractivity contribution in [2.75, 3.05) is 19.8 Å². The molecule has 0 fully saturated rings. The Morgan fingerprint density at radius 1 is 0.410 bits per heavy atom. The second kappa shape index (κ2) is 52.9. The van der Waals surface area contributed by atoms with Gasteiger partial charge < -0.3 is 14.6 Å². The van der Waals surface area contributed by atoms with Crippen molar-refractivity contribution in [2.45, 2.75) is 213 Å². The summed E-state index contributed by atoms with van der Waals surface area (Å²) < 4.78 is 11.2. The molecule has 61 heavy (non-hydrogen) atoms. The second-order valence-corrected chi connectivity index (χ2v) is 16.2. The summed E-state index contributed by atoms with van der Waals surface area (Å²) in [4.78, 5) is 12.2. The van der Waals surface area contributed by atoms with Gasteiger partial charge in [-0.25, -0.2) is 0 Å². The van der Waals surface area contributed by atoms with Crippen LogP contribution >= 0.6 is 0 Å². The van der Waals surface area contributed by atoms with E-state index in [9.17, 15) is 9.90 Å². The third-order valence-corrected chi connectivity index (χ3v) is 10.3. The van der Waals surface area contributed by atoms with E-state index in [1.54, 1.807) is 0 Å². The van der Waals surface area contributed by atoms with Gasteiger partial charge >= 0.3 is 5.97 Å². The number of hydrogen-bond acceptors (Lipinski definition) is 4. The van der Waals surface area contributed by atoms with Crippen LogP contribution in [0.2, 0.25) is 0 Å². The van der Waals surface area contributed by atoms with Crippen LogP contribution in [0, 0.1) is 0 Å². The Morgan fingerprint density at radius 2 is 0.738 bits per heavy atom. The molecule has 0 aromatic carbocycles. The third kappa shape index (κ3) is 51.0. The molecule has 0 radical (unpaired) electrons. The summed E-state index contributed by atoms with van der Waals surface area (Å²) >= 11 is 0. The summed E-state index contributed by atoms with van der Waals surface area (Å²) in [5, 5.41) is 9.64. The number of rotatable bonds is 45. The monoisotopic (exact) mass is 843 g/mol. The van der Waals surface area contributed by atoms with Gasteiger partial charge in [-0.05, 0) is 103 Å². The molecular weight excluding hydrogens is 749 g/mol. The van der Waals surface area contributed by atoms with Crippen LogP contribution in [0.3, 0.4) is 0 Å². The molecule has 0 aliphatic rings. The van der Waals surface area contributed by atoms with Crippen molar-refractivity contribution in [1.82, 2.24) is 0 Å².